The molecule has 2 aromatic carbocycles. The highest BCUT2D eigenvalue weighted by Crippen LogP contribution is 2.29. The van der Waals surface area contributed by atoms with Crippen molar-refractivity contribution in [1.82, 2.24) is 0 Å². The van der Waals surface area contributed by atoms with Crippen molar-refractivity contribution in [3.8, 4) is 5.75 Å². The average Bonchev–Trinajstić information content (AvgIpc) is 2.28. The Morgan fingerprint density at radius 3 is 2.44 bits per heavy atom. The van der Waals surface area contributed by atoms with Crippen LogP contribution in [0.2, 0.25) is 0 Å². The fourth-order valence-electron chi connectivity index (χ4n) is 1.85. The van der Waals surface area contributed by atoms with Crippen LogP contribution in [0.3, 0.4) is 0 Å². The van der Waals surface area contributed by atoms with Gasteiger partial charge in [0.1, 0.15) is 5.75 Å². The molecule has 0 unspecified atom stereocenters. The lowest BCUT2D eigenvalue weighted by Gasteiger charge is -2.10. The molecule has 0 amide bonds. The third-order valence-corrected chi connectivity index (χ3v) is 2.57. The number of rotatable bonds is 3. The highest BCUT2D eigenvalue weighted by molar-refractivity contribution is 5.90. The molecule has 0 aromatic heterocycles. The second-order valence-corrected chi connectivity index (χ2v) is 3.50. The summed E-state index contributed by atoms with van der Waals surface area (Å²) in [4.78, 5) is 0. The Balaban J connectivity index is 2.59. The van der Waals surface area contributed by atoms with Gasteiger partial charge in [-0.2, -0.15) is 8.78 Å². The van der Waals surface area contributed by atoms with Crippen LogP contribution < -0.4 is 4.74 Å². The van der Waals surface area contributed by atoms with Crippen molar-refractivity contribution in [2.75, 3.05) is 0 Å². The molecule has 2 aromatic rings. The Morgan fingerprint density at radius 2 is 1.75 bits per heavy atom. The van der Waals surface area contributed by atoms with Gasteiger partial charge in [-0.1, -0.05) is 37.3 Å². The number of benzene rings is 2. The Bertz CT molecular complexity index is 494. The summed E-state index contributed by atoms with van der Waals surface area (Å²) in [5.41, 5.74) is 1.14. The minimum atomic E-state index is -2.78. The van der Waals surface area contributed by atoms with E-state index >= 15 is 0 Å². The molecule has 0 radical (unpaired) electrons. The zero-order chi connectivity index (χ0) is 11.5. The van der Waals surface area contributed by atoms with Gasteiger partial charge >= 0.3 is 6.61 Å². The molecule has 1 nitrogen and oxygen atoms in total. The lowest BCUT2D eigenvalue weighted by Crippen LogP contribution is -2.02. The summed E-state index contributed by atoms with van der Waals surface area (Å²) >= 11 is 0. The van der Waals surface area contributed by atoms with E-state index in [2.05, 4.69) is 4.74 Å². The molecule has 0 aliphatic heterocycles. The Morgan fingerprint density at radius 1 is 1.06 bits per heavy atom. The zero-order valence-corrected chi connectivity index (χ0v) is 8.91. The quantitative estimate of drug-likeness (QED) is 0.762. The van der Waals surface area contributed by atoms with Crippen molar-refractivity contribution in [3.63, 3.8) is 0 Å². The number of hydrogen-bond acceptors (Lipinski definition) is 1. The second kappa shape index (κ2) is 4.47. The molecule has 0 fully saturated rings. The predicted octanol–water partition coefficient (Wildman–Crippen LogP) is 4.00. The molecular weight excluding hydrogens is 210 g/mol. The molecule has 0 saturated carbocycles. The lowest BCUT2D eigenvalue weighted by atomic mass is 10.0. The fourth-order valence-corrected chi connectivity index (χ4v) is 1.85. The second-order valence-electron chi connectivity index (χ2n) is 3.50. The molecule has 3 heteroatoms. The first-order valence-corrected chi connectivity index (χ1v) is 5.17. The van der Waals surface area contributed by atoms with Gasteiger partial charge in [-0.15, -0.1) is 0 Å². The molecule has 0 N–H and O–H groups in total. The van der Waals surface area contributed by atoms with Crippen LogP contribution in [-0.4, -0.2) is 6.61 Å². The molecule has 16 heavy (non-hydrogen) atoms. The Kier molecular flexibility index (Phi) is 3.04. The summed E-state index contributed by atoms with van der Waals surface area (Å²) in [7, 11) is 0. The van der Waals surface area contributed by atoms with E-state index in [0.717, 1.165) is 22.8 Å². The van der Waals surface area contributed by atoms with Crippen LogP contribution in [0.4, 0.5) is 8.78 Å². The molecule has 0 aliphatic carbocycles. The fraction of sp³-hybridized carbons (Fsp3) is 0.231. The first kappa shape index (κ1) is 10.9. The van der Waals surface area contributed by atoms with Crippen LogP contribution in [0.5, 0.6) is 5.75 Å². The Labute approximate surface area is 92.7 Å². The van der Waals surface area contributed by atoms with Crippen molar-refractivity contribution >= 4 is 10.8 Å². The van der Waals surface area contributed by atoms with Crippen LogP contribution >= 0.6 is 0 Å². The van der Waals surface area contributed by atoms with Crippen LogP contribution in [0.25, 0.3) is 10.8 Å². The van der Waals surface area contributed by atoms with E-state index in [1.807, 2.05) is 25.1 Å². The predicted molar refractivity (Wildman–Crippen MR) is 60.0 cm³/mol. The van der Waals surface area contributed by atoms with Gasteiger partial charge in [-0.3, -0.25) is 0 Å². The maximum Gasteiger partial charge on any atom is 0.387 e. The summed E-state index contributed by atoms with van der Waals surface area (Å²) in [5, 5.41) is 1.71. The number of ether oxygens (including phenoxy) is 1. The topological polar surface area (TPSA) is 9.23 Å². The molecular formula is C13H12F2O. The number of hydrogen-bond donors (Lipinski definition) is 0. The standard InChI is InChI=1S/C13H12F2O/c1-2-9-5-3-7-11-10(9)6-4-8-12(11)16-13(14)15/h3-8,13H,2H2,1H3. The van der Waals surface area contributed by atoms with E-state index in [-0.39, 0.29) is 5.75 Å². The largest absolute Gasteiger partial charge is 0.434 e. The van der Waals surface area contributed by atoms with Crippen molar-refractivity contribution in [1.29, 1.82) is 0 Å². The molecule has 0 spiro atoms. The highest BCUT2D eigenvalue weighted by Gasteiger charge is 2.08. The number of halogens is 2. The van der Waals surface area contributed by atoms with E-state index in [9.17, 15) is 8.78 Å². The summed E-state index contributed by atoms with van der Waals surface area (Å²) < 4.78 is 28.9. The molecule has 0 bridgehead atoms. The van der Waals surface area contributed by atoms with Crippen molar-refractivity contribution in [2.24, 2.45) is 0 Å². The van der Waals surface area contributed by atoms with E-state index in [1.165, 1.54) is 0 Å². The molecule has 0 heterocycles. The van der Waals surface area contributed by atoms with E-state index in [0.29, 0.717) is 0 Å². The van der Waals surface area contributed by atoms with Crippen LogP contribution in [0, 0.1) is 0 Å². The number of aryl methyl sites for hydroxylation is 1. The maximum absolute atomic E-state index is 12.2. The third kappa shape index (κ3) is 1.98. The van der Waals surface area contributed by atoms with Gasteiger partial charge in [0.2, 0.25) is 0 Å². The van der Waals surface area contributed by atoms with Gasteiger partial charge in [0, 0.05) is 5.39 Å². The highest BCUT2D eigenvalue weighted by atomic mass is 19.3. The number of alkyl halides is 2. The number of fused-ring (bicyclic) bond motifs is 1. The van der Waals surface area contributed by atoms with E-state index in [1.54, 1.807) is 18.2 Å². The van der Waals surface area contributed by atoms with Crippen molar-refractivity contribution in [2.45, 2.75) is 20.0 Å². The first-order valence-electron chi connectivity index (χ1n) is 5.17. The normalized spacial score (nSPS) is 11.0. The van der Waals surface area contributed by atoms with E-state index in [4.69, 9.17) is 0 Å². The molecule has 0 aliphatic rings. The van der Waals surface area contributed by atoms with Gasteiger partial charge in [-0.05, 0) is 23.4 Å². The van der Waals surface area contributed by atoms with Gasteiger partial charge in [0.25, 0.3) is 0 Å². The van der Waals surface area contributed by atoms with E-state index < -0.39 is 6.61 Å². The van der Waals surface area contributed by atoms with Gasteiger partial charge in [0.15, 0.2) is 0 Å². The smallest absolute Gasteiger partial charge is 0.387 e. The zero-order valence-electron chi connectivity index (χ0n) is 8.91. The van der Waals surface area contributed by atoms with Crippen molar-refractivity contribution < 1.29 is 13.5 Å². The molecule has 0 atom stereocenters. The van der Waals surface area contributed by atoms with Crippen LogP contribution in [-0.2, 0) is 6.42 Å². The molecule has 2 rings (SSSR count). The maximum atomic E-state index is 12.2. The van der Waals surface area contributed by atoms with Crippen LogP contribution in [0.1, 0.15) is 12.5 Å². The van der Waals surface area contributed by atoms with Gasteiger partial charge in [-0.25, -0.2) is 0 Å². The van der Waals surface area contributed by atoms with Gasteiger partial charge < -0.3 is 4.74 Å². The van der Waals surface area contributed by atoms with Crippen molar-refractivity contribution in [3.05, 3.63) is 42.0 Å². The summed E-state index contributed by atoms with van der Waals surface area (Å²) in [6, 6.07) is 10.9. The summed E-state index contributed by atoms with van der Waals surface area (Å²) in [5.74, 6) is 0.239. The summed E-state index contributed by atoms with van der Waals surface area (Å²) in [6.45, 7) is -0.744. The van der Waals surface area contributed by atoms with Gasteiger partial charge in [0.05, 0.1) is 0 Å². The molecule has 0 saturated heterocycles. The van der Waals surface area contributed by atoms with Crippen LogP contribution in [0.15, 0.2) is 36.4 Å². The SMILES string of the molecule is CCc1cccc2c(OC(F)F)cccc12. The first-order chi connectivity index (χ1) is 7.72. The monoisotopic (exact) mass is 222 g/mol. The Hall–Kier alpha value is -1.64. The summed E-state index contributed by atoms with van der Waals surface area (Å²) in [6.07, 6.45) is 0.871. The molecule has 84 valence electrons. The average molecular weight is 222 g/mol. The minimum absolute atomic E-state index is 0.239. The third-order valence-electron chi connectivity index (χ3n) is 2.57. The lowest BCUT2D eigenvalue weighted by molar-refractivity contribution is -0.0487. The minimum Gasteiger partial charge on any atom is -0.434 e.